The molecule has 2 aliphatic heterocycles. The first-order valence-electron chi connectivity index (χ1n) is 14.5. The second kappa shape index (κ2) is 13.3. The van der Waals surface area contributed by atoms with Crippen molar-refractivity contribution in [3.8, 4) is 0 Å². The number of H-pyrrole nitrogens is 2. The Hall–Kier alpha value is -3.59. The van der Waals surface area contributed by atoms with Gasteiger partial charge in [-0.1, -0.05) is 11.1 Å². The first-order chi connectivity index (χ1) is 23.0. The van der Waals surface area contributed by atoms with Gasteiger partial charge < -0.3 is 35.6 Å². The Kier molecular flexibility index (Phi) is 9.55. The number of nitrogens with zero attached hydrogens (tertiary/aromatic N) is 6. The van der Waals surface area contributed by atoms with Crippen LogP contribution in [0.1, 0.15) is 44.6 Å². The van der Waals surface area contributed by atoms with E-state index in [-0.39, 0.29) is 35.0 Å². The molecule has 6 rings (SSSR count). The van der Waals surface area contributed by atoms with Crippen LogP contribution >= 0.6 is 23.2 Å². The molecule has 0 bridgehead atoms. The molecule has 0 amide bonds. The van der Waals surface area contributed by atoms with E-state index in [9.17, 15) is 38.0 Å². The first-order valence-corrected chi connectivity index (χ1v) is 19.1. The lowest BCUT2D eigenvalue weighted by Crippen LogP contribution is -2.39. The number of nitrogens with one attached hydrogen (secondary N) is 2. The standard InChI is InChI=1S/C23H31N10O13P3/c1-31-11-33(19-17(31)21(35)30-23(25)28-19)15-6-4-12(43-15)3-2-8-47(36,37)45-49(40,41)46-48(38,39)42-9-13-5-7-14(44-13)32-10-26-16-18(32)27-22(24)29-20(16)34/h2,8,10-15H,3-7,9H2,1H3,(H8-,24,25,27,28,29,30,34,35,36,37,38,39,40,41)/p+1/b8-2+/t12-,13+,14-,15-/m1/s1. The Bertz CT molecular complexity index is 2200. The van der Waals surface area contributed by atoms with E-state index in [1.165, 1.54) is 17.0 Å². The van der Waals surface area contributed by atoms with Crippen LogP contribution in [0.2, 0.25) is 0 Å². The summed E-state index contributed by atoms with van der Waals surface area (Å²) in [6.07, 6.45) is 3.44. The number of anilines is 2. The third kappa shape index (κ3) is 7.92. The third-order valence-corrected chi connectivity index (χ3v) is 12.0. The topological polar surface area (TPSA) is 328 Å². The number of rotatable bonds is 12. The molecular weight excluding hydrogens is 717 g/mol. The van der Waals surface area contributed by atoms with Crippen LogP contribution < -0.4 is 27.2 Å². The Morgan fingerprint density at radius 2 is 1.71 bits per heavy atom. The molecule has 0 spiro atoms. The van der Waals surface area contributed by atoms with Gasteiger partial charge in [-0.3, -0.25) is 37.8 Å². The number of nitrogens with two attached hydrogens (primary N) is 2. The Labute approximate surface area is 274 Å². The minimum atomic E-state index is -5.62. The Morgan fingerprint density at radius 1 is 1.00 bits per heavy atom. The van der Waals surface area contributed by atoms with Gasteiger partial charge in [0.1, 0.15) is 6.23 Å². The number of imidazole rings is 2. The second-order valence-corrected chi connectivity index (χ2v) is 16.1. The van der Waals surface area contributed by atoms with Gasteiger partial charge in [0.05, 0.1) is 32.2 Å². The summed E-state index contributed by atoms with van der Waals surface area (Å²) in [4.78, 5) is 71.4. The van der Waals surface area contributed by atoms with Crippen molar-refractivity contribution in [2.45, 2.75) is 56.8 Å². The minimum absolute atomic E-state index is 0.0285. The fourth-order valence-corrected chi connectivity index (χ4v) is 9.34. The number of hydrogen-bond acceptors (Lipinski definition) is 15. The van der Waals surface area contributed by atoms with Crippen molar-refractivity contribution in [3.63, 3.8) is 0 Å². The largest absolute Gasteiger partial charge is 0.488 e. The average molecular weight is 749 g/mol. The highest BCUT2D eigenvalue weighted by Crippen LogP contribution is 2.68. The number of aromatic amines is 2. The quantitative estimate of drug-likeness (QED) is 0.0767. The van der Waals surface area contributed by atoms with E-state index >= 15 is 0 Å². The maximum Gasteiger partial charge on any atom is 0.488 e. The highest BCUT2D eigenvalue weighted by atomic mass is 31.3. The van der Waals surface area contributed by atoms with Crippen LogP contribution in [0.5, 0.6) is 0 Å². The van der Waals surface area contributed by atoms with Crippen LogP contribution in [-0.2, 0) is 43.4 Å². The maximum atomic E-state index is 12.5. The van der Waals surface area contributed by atoms with Gasteiger partial charge in [0.25, 0.3) is 17.1 Å². The smallest absolute Gasteiger partial charge is 0.369 e. The molecule has 0 saturated carbocycles. The van der Waals surface area contributed by atoms with Crippen LogP contribution in [0, 0.1) is 0 Å². The van der Waals surface area contributed by atoms with Crippen LogP contribution in [0.3, 0.4) is 0 Å². The minimum Gasteiger partial charge on any atom is -0.369 e. The summed E-state index contributed by atoms with van der Waals surface area (Å²) >= 11 is 0. The lowest BCUT2D eigenvalue weighted by atomic mass is 10.2. The average Bonchev–Trinajstić information content (AvgIpc) is 3.76. The predicted molar refractivity (Wildman–Crippen MR) is 166 cm³/mol. The number of phosphoric ester groups is 1. The van der Waals surface area contributed by atoms with Crippen LogP contribution in [-0.4, -0.2) is 67.5 Å². The van der Waals surface area contributed by atoms with Crippen LogP contribution in [0.4, 0.5) is 11.9 Å². The lowest BCUT2D eigenvalue weighted by Gasteiger charge is -2.19. The lowest BCUT2D eigenvalue weighted by molar-refractivity contribution is -0.739. The predicted octanol–water partition coefficient (Wildman–Crippen LogP) is 0.542. The molecule has 23 nitrogen and oxygen atoms in total. The summed E-state index contributed by atoms with van der Waals surface area (Å²) in [6.45, 7) is -0.580. The van der Waals surface area contributed by atoms with Crippen molar-refractivity contribution in [3.05, 3.63) is 45.3 Å². The summed E-state index contributed by atoms with van der Waals surface area (Å²) in [5.41, 5.74) is 11.1. The van der Waals surface area contributed by atoms with E-state index in [2.05, 4.69) is 33.5 Å². The van der Waals surface area contributed by atoms with Crippen LogP contribution in [0.15, 0.2) is 34.1 Å². The van der Waals surface area contributed by atoms with E-state index in [1.807, 2.05) is 0 Å². The Morgan fingerprint density at radius 3 is 2.49 bits per heavy atom. The molecule has 7 atom stereocenters. The zero-order valence-electron chi connectivity index (χ0n) is 25.5. The van der Waals surface area contributed by atoms with E-state index in [1.54, 1.807) is 22.5 Å². The number of fused-ring (bicyclic) bond motifs is 2. The summed E-state index contributed by atoms with van der Waals surface area (Å²) in [6, 6.07) is 0. The number of nitrogen functional groups attached to an aromatic ring is 2. The first kappa shape index (κ1) is 35.2. The zero-order valence-corrected chi connectivity index (χ0v) is 28.1. The van der Waals surface area contributed by atoms with Crippen molar-refractivity contribution in [1.82, 2.24) is 34.1 Å². The van der Waals surface area contributed by atoms with Gasteiger partial charge >= 0.3 is 28.9 Å². The molecule has 4 aromatic heterocycles. The normalized spacial score (nSPS) is 25.2. The van der Waals surface area contributed by atoms with Gasteiger partial charge in [0.2, 0.25) is 11.5 Å². The molecule has 0 aliphatic carbocycles. The molecule has 2 aliphatic rings. The van der Waals surface area contributed by atoms with Gasteiger partial charge in [0.15, 0.2) is 23.7 Å². The molecule has 4 aromatic rings. The summed E-state index contributed by atoms with van der Waals surface area (Å²) < 4.78 is 67.0. The number of aromatic nitrogens is 8. The van der Waals surface area contributed by atoms with E-state index in [0.29, 0.717) is 37.1 Å². The molecule has 266 valence electrons. The van der Waals surface area contributed by atoms with Crippen molar-refractivity contribution in [1.29, 1.82) is 0 Å². The molecule has 2 fully saturated rings. The van der Waals surface area contributed by atoms with Crippen molar-refractivity contribution in [2.75, 3.05) is 18.1 Å². The van der Waals surface area contributed by atoms with Crippen molar-refractivity contribution < 1.29 is 55.6 Å². The van der Waals surface area contributed by atoms with E-state index in [0.717, 1.165) is 0 Å². The molecular formula is C23H32N10O13P3+. The highest BCUT2D eigenvalue weighted by Gasteiger charge is 2.41. The van der Waals surface area contributed by atoms with E-state index in [4.69, 9.17) is 25.5 Å². The molecule has 0 aromatic carbocycles. The third-order valence-electron chi connectivity index (χ3n) is 7.57. The monoisotopic (exact) mass is 749 g/mol. The highest BCUT2D eigenvalue weighted by molar-refractivity contribution is 7.69. The van der Waals surface area contributed by atoms with Gasteiger partial charge in [0, 0.05) is 12.2 Å². The molecule has 0 radical (unpaired) electrons. The fourth-order valence-electron chi connectivity index (χ4n) is 5.58. The van der Waals surface area contributed by atoms with Crippen LogP contribution in [0.25, 0.3) is 22.3 Å². The molecule has 3 unspecified atom stereocenters. The maximum absolute atomic E-state index is 12.5. The SMILES string of the molecule is Cn1c[n+]([C@H]2CC[C@@H](C/C=C/P(=O)(O)OP(=O)(O)OP(=O)(O)OC[C@@H]3CC[C@H](n4cnc5c(=O)[nH]c(N)nc54)O3)O2)c2nc(N)[nH]c(=O)c21. The van der Waals surface area contributed by atoms with Crippen molar-refractivity contribution >= 4 is 57.5 Å². The van der Waals surface area contributed by atoms with Crippen molar-refractivity contribution in [2.24, 2.45) is 7.05 Å². The van der Waals surface area contributed by atoms with E-state index < -0.39 is 65.6 Å². The van der Waals surface area contributed by atoms with Gasteiger partial charge in [-0.05, 0) is 25.7 Å². The summed E-state index contributed by atoms with van der Waals surface area (Å²) in [5.74, 6) is 0.422. The number of phosphoric acid groups is 2. The molecule has 6 heterocycles. The molecule has 26 heteroatoms. The van der Waals surface area contributed by atoms with Gasteiger partial charge in [-0.2, -0.15) is 9.29 Å². The molecule has 2 saturated heterocycles. The fraction of sp³-hybridized carbons (Fsp3) is 0.478. The number of hydrogen-bond donors (Lipinski definition) is 7. The zero-order chi connectivity index (χ0) is 35.3. The second-order valence-electron chi connectivity index (χ2n) is 11.2. The number of ether oxygens (including phenoxy) is 2. The number of aryl methyl sites for hydroxylation is 1. The Balaban J connectivity index is 0.986. The summed E-state index contributed by atoms with van der Waals surface area (Å²) in [5, 5.41) is 0. The summed E-state index contributed by atoms with van der Waals surface area (Å²) in [7, 11) is -14.2. The van der Waals surface area contributed by atoms with Gasteiger partial charge in [-0.15, -0.1) is 0 Å². The molecule has 9 N–H and O–H groups in total. The molecule has 49 heavy (non-hydrogen) atoms. The van der Waals surface area contributed by atoms with Gasteiger partial charge in [-0.25, -0.2) is 23.0 Å².